The molecule has 1 amide bonds. The van der Waals surface area contributed by atoms with Gasteiger partial charge in [-0.2, -0.15) is 0 Å². The smallest absolute Gasteiger partial charge is 0.303 e. The van der Waals surface area contributed by atoms with Crippen molar-refractivity contribution in [3.05, 3.63) is 28.5 Å². The zero-order chi connectivity index (χ0) is 14.6. The van der Waals surface area contributed by atoms with Crippen LogP contribution in [0.15, 0.2) is 22.7 Å². The van der Waals surface area contributed by atoms with E-state index in [0.29, 0.717) is 10.2 Å². The van der Waals surface area contributed by atoms with Crippen molar-refractivity contribution in [2.45, 2.75) is 26.7 Å². The van der Waals surface area contributed by atoms with Crippen molar-refractivity contribution in [1.29, 1.82) is 0 Å². The fourth-order valence-corrected chi connectivity index (χ4v) is 1.93. The Bertz CT molecular complexity index is 503. The number of rotatable bonds is 5. The number of hydrogen-bond acceptors (Lipinski definition) is 2. The number of carboxylic acids is 1. The fraction of sp³-hybridized carbons (Fsp3) is 0.385. The molecule has 0 heterocycles. The Morgan fingerprint density at radius 2 is 2.00 bits per heavy atom. The molecule has 1 aromatic rings. The molecule has 1 rings (SSSR count). The van der Waals surface area contributed by atoms with Gasteiger partial charge in [-0.15, -0.1) is 0 Å². The molecule has 0 unspecified atom stereocenters. The molecule has 0 aromatic heterocycles. The minimum absolute atomic E-state index is 0.0526. The number of halogens is 2. The summed E-state index contributed by atoms with van der Waals surface area (Å²) in [6.07, 6.45) is -0.0495. The van der Waals surface area contributed by atoms with Crippen LogP contribution in [0.3, 0.4) is 0 Å². The molecule has 0 spiro atoms. The predicted octanol–water partition coefficient (Wildman–Crippen LogP) is 3.42. The van der Waals surface area contributed by atoms with E-state index in [0.717, 1.165) is 0 Å². The molecule has 0 radical (unpaired) electrons. The van der Waals surface area contributed by atoms with E-state index in [-0.39, 0.29) is 18.7 Å². The average molecular weight is 332 g/mol. The van der Waals surface area contributed by atoms with Gasteiger partial charge in [0.15, 0.2) is 0 Å². The highest BCUT2D eigenvalue weighted by molar-refractivity contribution is 9.10. The Morgan fingerprint density at radius 3 is 2.53 bits per heavy atom. The highest BCUT2D eigenvalue weighted by Crippen LogP contribution is 2.26. The van der Waals surface area contributed by atoms with Gasteiger partial charge < -0.3 is 10.4 Å². The van der Waals surface area contributed by atoms with E-state index in [1.807, 2.05) is 0 Å². The largest absolute Gasteiger partial charge is 0.481 e. The van der Waals surface area contributed by atoms with Crippen LogP contribution in [0.4, 0.5) is 10.1 Å². The Morgan fingerprint density at radius 1 is 1.37 bits per heavy atom. The molecule has 104 valence electrons. The van der Waals surface area contributed by atoms with E-state index in [1.54, 1.807) is 19.9 Å². The van der Waals surface area contributed by atoms with Crippen LogP contribution in [0.2, 0.25) is 0 Å². The Balaban J connectivity index is 2.64. The van der Waals surface area contributed by atoms with Gasteiger partial charge >= 0.3 is 5.97 Å². The maximum Gasteiger partial charge on any atom is 0.303 e. The third-order valence-corrected chi connectivity index (χ3v) is 3.12. The minimum atomic E-state index is -0.951. The number of aliphatic carboxylic acids is 1. The number of benzene rings is 1. The highest BCUT2D eigenvalue weighted by Gasteiger charge is 2.25. The summed E-state index contributed by atoms with van der Waals surface area (Å²) in [6, 6.07) is 4.26. The molecule has 0 saturated heterocycles. The molecular formula is C13H15BrFNO3. The molecule has 2 N–H and O–H groups in total. The highest BCUT2D eigenvalue weighted by atomic mass is 79.9. The normalized spacial score (nSPS) is 11.2. The average Bonchev–Trinajstić information content (AvgIpc) is 2.20. The topological polar surface area (TPSA) is 66.4 Å². The lowest BCUT2D eigenvalue weighted by atomic mass is 9.85. The Hall–Kier alpha value is -1.43. The molecule has 0 aliphatic heterocycles. The summed E-state index contributed by atoms with van der Waals surface area (Å²) in [6.45, 7) is 3.39. The summed E-state index contributed by atoms with van der Waals surface area (Å²) in [7, 11) is 0. The van der Waals surface area contributed by atoms with E-state index in [1.165, 1.54) is 12.1 Å². The zero-order valence-corrected chi connectivity index (χ0v) is 12.3. The molecule has 0 atom stereocenters. The van der Waals surface area contributed by atoms with Gasteiger partial charge in [-0.25, -0.2) is 4.39 Å². The molecular weight excluding hydrogens is 317 g/mol. The molecule has 0 aliphatic rings. The third-order valence-electron chi connectivity index (χ3n) is 2.47. The van der Waals surface area contributed by atoms with Gasteiger partial charge in [0, 0.05) is 12.1 Å². The molecule has 0 bridgehead atoms. The first kappa shape index (κ1) is 15.6. The molecule has 0 saturated carbocycles. The zero-order valence-electron chi connectivity index (χ0n) is 10.7. The van der Waals surface area contributed by atoms with Gasteiger partial charge in [-0.05, 0) is 39.5 Å². The second-order valence-electron chi connectivity index (χ2n) is 5.09. The molecule has 0 fully saturated rings. The van der Waals surface area contributed by atoms with Crippen molar-refractivity contribution < 1.29 is 19.1 Å². The van der Waals surface area contributed by atoms with Crippen LogP contribution >= 0.6 is 15.9 Å². The maximum atomic E-state index is 13.3. The first-order valence-corrected chi connectivity index (χ1v) is 6.46. The van der Waals surface area contributed by atoms with Gasteiger partial charge in [-0.1, -0.05) is 13.8 Å². The van der Waals surface area contributed by atoms with E-state index < -0.39 is 17.2 Å². The Labute approximate surface area is 119 Å². The Kier molecular flexibility index (Phi) is 5.05. The maximum absolute atomic E-state index is 13.3. The lowest BCUT2D eigenvalue weighted by molar-refractivity contribution is -0.139. The molecule has 4 nitrogen and oxygen atoms in total. The third kappa shape index (κ3) is 5.38. The second kappa shape index (κ2) is 6.14. The van der Waals surface area contributed by atoms with Crippen molar-refractivity contribution in [2.75, 3.05) is 5.32 Å². The van der Waals surface area contributed by atoms with Crippen LogP contribution in [0.25, 0.3) is 0 Å². The summed E-state index contributed by atoms with van der Waals surface area (Å²) in [5.74, 6) is -1.76. The molecule has 19 heavy (non-hydrogen) atoms. The summed E-state index contributed by atoms with van der Waals surface area (Å²) in [5, 5.41) is 11.3. The molecule has 6 heteroatoms. The van der Waals surface area contributed by atoms with Crippen LogP contribution in [0, 0.1) is 11.2 Å². The summed E-state index contributed by atoms with van der Waals surface area (Å²) >= 11 is 3.02. The van der Waals surface area contributed by atoms with Crippen molar-refractivity contribution >= 4 is 33.5 Å². The number of carboxylic acid groups (broad SMARTS) is 1. The van der Waals surface area contributed by atoms with Gasteiger partial charge in [0.2, 0.25) is 5.91 Å². The van der Waals surface area contributed by atoms with E-state index in [2.05, 4.69) is 21.2 Å². The molecule has 0 aliphatic carbocycles. The van der Waals surface area contributed by atoms with Crippen LogP contribution < -0.4 is 5.32 Å². The minimum Gasteiger partial charge on any atom is -0.481 e. The number of carbonyl (C=O) groups excluding carboxylic acids is 1. The number of amides is 1. The first-order valence-electron chi connectivity index (χ1n) is 5.66. The number of anilines is 1. The predicted molar refractivity (Wildman–Crippen MR) is 73.4 cm³/mol. The lowest BCUT2D eigenvalue weighted by Crippen LogP contribution is -2.24. The number of nitrogens with one attached hydrogen (secondary N) is 1. The van der Waals surface area contributed by atoms with Crippen LogP contribution in [-0.2, 0) is 9.59 Å². The first-order chi connectivity index (χ1) is 8.69. The summed E-state index contributed by atoms with van der Waals surface area (Å²) in [4.78, 5) is 22.4. The summed E-state index contributed by atoms with van der Waals surface area (Å²) < 4.78 is 13.6. The SMILES string of the molecule is CC(C)(CC(=O)O)CC(=O)Nc1ccc(Br)c(F)c1. The van der Waals surface area contributed by atoms with E-state index in [9.17, 15) is 14.0 Å². The monoisotopic (exact) mass is 331 g/mol. The quantitative estimate of drug-likeness (QED) is 0.868. The van der Waals surface area contributed by atoms with E-state index >= 15 is 0 Å². The second-order valence-corrected chi connectivity index (χ2v) is 5.94. The standard InChI is InChI=1S/C13H15BrFNO3/c1-13(2,7-12(18)19)6-11(17)16-8-3-4-9(14)10(15)5-8/h3-5H,6-7H2,1-2H3,(H,16,17)(H,18,19). The fourth-order valence-electron chi connectivity index (χ4n) is 1.69. The van der Waals surface area contributed by atoms with Gasteiger partial charge in [0.1, 0.15) is 5.82 Å². The van der Waals surface area contributed by atoms with Crippen molar-refractivity contribution in [3.8, 4) is 0 Å². The van der Waals surface area contributed by atoms with Crippen molar-refractivity contribution in [1.82, 2.24) is 0 Å². The van der Waals surface area contributed by atoms with Crippen LogP contribution in [-0.4, -0.2) is 17.0 Å². The number of hydrogen-bond donors (Lipinski definition) is 2. The van der Waals surface area contributed by atoms with Crippen molar-refractivity contribution in [3.63, 3.8) is 0 Å². The number of carbonyl (C=O) groups is 2. The van der Waals surface area contributed by atoms with Gasteiger partial charge in [0.25, 0.3) is 0 Å². The van der Waals surface area contributed by atoms with Crippen LogP contribution in [0.1, 0.15) is 26.7 Å². The molecule has 1 aromatic carbocycles. The van der Waals surface area contributed by atoms with Crippen molar-refractivity contribution in [2.24, 2.45) is 5.41 Å². The van der Waals surface area contributed by atoms with Gasteiger partial charge in [0.05, 0.1) is 10.9 Å². The van der Waals surface area contributed by atoms with E-state index in [4.69, 9.17) is 5.11 Å². The lowest BCUT2D eigenvalue weighted by Gasteiger charge is -2.21. The van der Waals surface area contributed by atoms with Gasteiger partial charge in [-0.3, -0.25) is 9.59 Å². The summed E-state index contributed by atoms with van der Waals surface area (Å²) in [5.41, 5.74) is -0.305. The van der Waals surface area contributed by atoms with Crippen LogP contribution in [0.5, 0.6) is 0 Å².